The fraction of sp³-hybridized carbons (Fsp3) is 0.208. The Morgan fingerprint density at radius 2 is 1.53 bits per heavy atom. The number of amides is 1. The van der Waals surface area contributed by atoms with E-state index in [2.05, 4.69) is 5.32 Å². The van der Waals surface area contributed by atoms with Gasteiger partial charge in [0, 0.05) is 30.8 Å². The molecule has 3 aromatic carbocycles. The molecule has 0 aliphatic rings. The van der Waals surface area contributed by atoms with Crippen LogP contribution < -0.4 is 14.5 Å². The summed E-state index contributed by atoms with van der Waals surface area (Å²) in [5.74, 6) is -0.392. The van der Waals surface area contributed by atoms with Crippen LogP contribution in [0.3, 0.4) is 0 Å². The number of rotatable bonds is 9. The minimum absolute atomic E-state index is 0.120. The van der Waals surface area contributed by atoms with E-state index in [4.69, 9.17) is 11.6 Å². The molecule has 6 nitrogen and oxygen atoms in total. The smallest absolute Gasteiger partial charge is 0.264 e. The van der Waals surface area contributed by atoms with Crippen LogP contribution in [0.25, 0.3) is 0 Å². The van der Waals surface area contributed by atoms with Gasteiger partial charge < -0.3 is 10.2 Å². The lowest BCUT2D eigenvalue weighted by atomic mass is 10.2. The third-order valence-electron chi connectivity index (χ3n) is 4.98. The predicted molar refractivity (Wildman–Crippen MR) is 130 cm³/mol. The number of likely N-dealkylation sites (N-methyl/N-ethyl adjacent to an activating group) is 1. The zero-order valence-electron chi connectivity index (χ0n) is 18.0. The van der Waals surface area contributed by atoms with E-state index in [1.807, 2.05) is 49.2 Å². The molecule has 0 saturated carbocycles. The Balaban J connectivity index is 1.73. The van der Waals surface area contributed by atoms with Crippen LogP contribution in [0.2, 0.25) is 5.02 Å². The van der Waals surface area contributed by atoms with E-state index in [0.29, 0.717) is 23.8 Å². The zero-order valence-corrected chi connectivity index (χ0v) is 19.6. The summed E-state index contributed by atoms with van der Waals surface area (Å²) in [7, 11) is -2.01. The van der Waals surface area contributed by atoms with E-state index >= 15 is 0 Å². The fourth-order valence-electron chi connectivity index (χ4n) is 3.12. The van der Waals surface area contributed by atoms with Crippen molar-refractivity contribution in [3.8, 4) is 0 Å². The van der Waals surface area contributed by atoms with Crippen molar-refractivity contribution in [3.05, 3.63) is 89.4 Å². The Morgan fingerprint density at radius 3 is 2.16 bits per heavy atom. The lowest BCUT2D eigenvalue weighted by Crippen LogP contribution is -2.42. The highest BCUT2D eigenvalue weighted by atomic mass is 35.5. The van der Waals surface area contributed by atoms with Gasteiger partial charge in [0.05, 0.1) is 10.6 Å². The van der Waals surface area contributed by atoms with Crippen molar-refractivity contribution in [1.29, 1.82) is 0 Å². The molecule has 0 aliphatic heterocycles. The Bertz CT molecular complexity index is 1140. The van der Waals surface area contributed by atoms with E-state index < -0.39 is 15.9 Å². The van der Waals surface area contributed by atoms with Gasteiger partial charge in [-0.15, -0.1) is 0 Å². The van der Waals surface area contributed by atoms with Crippen molar-refractivity contribution in [3.63, 3.8) is 0 Å². The number of hydrogen-bond acceptors (Lipinski definition) is 4. The first-order valence-corrected chi connectivity index (χ1v) is 12.0. The largest absolute Gasteiger partial charge is 0.373 e. The molecule has 8 heteroatoms. The number of carbonyl (C=O) groups excluding carboxylic acids is 1. The van der Waals surface area contributed by atoms with Crippen LogP contribution in [0.4, 0.5) is 11.4 Å². The number of para-hydroxylation sites is 1. The standard InChI is InChI=1S/C24H26ClN3O3S/c1-19-8-14-23(15-9-19)32(30,31)28(22-12-10-20(25)11-13-22)18-24(29)26-16-17-27(2)21-6-4-3-5-7-21/h3-15H,16-18H2,1-2H3,(H,26,29). The first kappa shape index (κ1) is 23.6. The van der Waals surface area contributed by atoms with E-state index in [1.165, 1.54) is 0 Å². The summed E-state index contributed by atoms with van der Waals surface area (Å²) in [6, 6.07) is 22.7. The highest BCUT2D eigenvalue weighted by Crippen LogP contribution is 2.25. The summed E-state index contributed by atoms with van der Waals surface area (Å²) in [6.45, 7) is 2.50. The molecule has 3 rings (SSSR count). The van der Waals surface area contributed by atoms with Gasteiger partial charge in [-0.1, -0.05) is 47.5 Å². The monoisotopic (exact) mass is 471 g/mol. The second-order valence-electron chi connectivity index (χ2n) is 7.41. The highest BCUT2D eigenvalue weighted by Gasteiger charge is 2.27. The second-order valence-corrected chi connectivity index (χ2v) is 9.71. The van der Waals surface area contributed by atoms with Crippen molar-refractivity contribution < 1.29 is 13.2 Å². The van der Waals surface area contributed by atoms with Gasteiger partial charge in [0.2, 0.25) is 5.91 Å². The third kappa shape index (κ3) is 6.02. The molecule has 0 spiro atoms. The molecule has 0 saturated heterocycles. The number of hydrogen-bond donors (Lipinski definition) is 1. The van der Waals surface area contributed by atoms with Crippen LogP contribution in [0.1, 0.15) is 5.56 Å². The Labute approximate surface area is 194 Å². The number of aryl methyl sites for hydroxylation is 1. The maximum atomic E-state index is 13.3. The molecule has 0 bridgehead atoms. The molecular formula is C24H26ClN3O3S. The van der Waals surface area contributed by atoms with Crippen LogP contribution in [0.15, 0.2) is 83.8 Å². The Morgan fingerprint density at radius 1 is 0.906 bits per heavy atom. The first-order valence-electron chi connectivity index (χ1n) is 10.2. The number of sulfonamides is 1. The van der Waals surface area contributed by atoms with Crippen LogP contribution in [0, 0.1) is 6.92 Å². The molecule has 0 aromatic heterocycles. The highest BCUT2D eigenvalue weighted by molar-refractivity contribution is 7.92. The number of carbonyl (C=O) groups is 1. The number of benzene rings is 3. The molecule has 32 heavy (non-hydrogen) atoms. The average Bonchev–Trinajstić information content (AvgIpc) is 2.79. The maximum absolute atomic E-state index is 13.3. The molecular weight excluding hydrogens is 446 g/mol. The van der Waals surface area contributed by atoms with Crippen molar-refractivity contribution in [2.24, 2.45) is 0 Å². The molecule has 0 radical (unpaired) electrons. The van der Waals surface area contributed by atoms with Crippen molar-refractivity contribution in [2.75, 3.05) is 35.9 Å². The third-order valence-corrected chi connectivity index (χ3v) is 7.02. The lowest BCUT2D eigenvalue weighted by Gasteiger charge is -2.25. The zero-order chi connectivity index (χ0) is 23.1. The van der Waals surface area contributed by atoms with E-state index in [1.54, 1.807) is 48.5 Å². The van der Waals surface area contributed by atoms with Crippen LogP contribution in [-0.2, 0) is 14.8 Å². The van der Waals surface area contributed by atoms with Crippen molar-refractivity contribution >= 4 is 38.9 Å². The molecule has 0 unspecified atom stereocenters. The molecule has 0 fully saturated rings. The van der Waals surface area contributed by atoms with Crippen LogP contribution in [-0.4, -0.2) is 41.0 Å². The first-order chi connectivity index (χ1) is 15.3. The van der Waals surface area contributed by atoms with Gasteiger partial charge in [-0.3, -0.25) is 9.10 Å². The second kappa shape index (κ2) is 10.5. The van der Waals surface area contributed by atoms with Gasteiger partial charge in [0.15, 0.2) is 0 Å². The lowest BCUT2D eigenvalue weighted by molar-refractivity contribution is -0.119. The molecule has 1 N–H and O–H groups in total. The van der Waals surface area contributed by atoms with Gasteiger partial charge in [0.1, 0.15) is 6.54 Å². The van der Waals surface area contributed by atoms with Gasteiger partial charge in [0.25, 0.3) is 10.0 Å². The van der Waals surface area contributed by atoms with Gasteiger partial charge in [-0.05, 0) is 55.5 Å². The van der Waals surface area contributed by atoms with E-state index in [0.717, 1.165) is 15.6 Å². The topological polar surface area (TPSA) is 69.7 Å². The Kier molecular flexibility index (Phi) is 7.77. The summed E-state index contributed by atoms with van der Waals surface area (Å²) in [6.07, 6.45) is 0. The molecule has 3 aromatic rings. The van der Waals surface area contributed by atoms with Crippen LogP contribution in [0.5, 0.6) is 0 Å². The summed E-state index contributed by atoms with van der Waals surface area (Å²) < 4.78 is 27.8. The van der Waals surface area contributed by atoms with Crippen LogP contribution >= 0.6 is 11.6 Å². The number of anilines is 2. The van der Waals surface area contributed by atoms with Crippen molar-refractivity contribution in [2.45, 2.75) is 11.8 Å². The summed E-state index contributed by atoms with van der Waals surface area (Å²) in [5, 5.41) is 3.30. The van der Waals surface area contributed by atoms with Crippen molar-refractivity contribution in [1.82, 2.24) is 5.32 Å². The SMILES string of the molecule is Cc1ccc(S(=O)(=O)N(CC(=O)NCCN(C)c2ccccc2)c2ccc(Cl)cc2)cc1. The molecule has 168 valence electrons. The number of halogens is 1. The average molecular weight is 472 g/mol. The summed E-state index contributed by atoms with van der Waals surface area (Å²) >= 11 is 5.97. The minimum atomic E-state index is -3.94. The molecule has 1 amide bonds. The fourth-order valence-corrected chi connectivity index (χ4v) is 4.67. The normalized spacial score (nSPS) is 11.1. The molecule has 0 heterocycles. The predicted octanol–water partition coefficient (Wildman–Crippen LogP) is 4.10. The summed E-state index contributed by atoms with van der Waals surface area (Å²) in [5.41, 5.74) is 2.35. The molecule has 0 atom stereocenters. The maximum Gasteiger partial charge on any atom is 0.264 e. The Hall–Kier alpha value is -3.03. The van der Waals surface area contributed by atoms with Gasteiger partial charge >= 0.3 is 0 Å². The molecule has 0 aliphatic carbocycles. The minimum Gasteiger partial charge on any atom is -0.373 e. The van der Waals surface area contributed by atoms with E-state index in [9.17, 15) is 13.2 Å². The van der Waals surface area contributed by atoms with Gasteiger partial charge in [-0.2, -0.15) is 0 Å². The quantitative estimate of drug-likeness (QED) is 0.510. The van der Waals surface area contributed by atoms with Gasteiger partial charge in [-0.25, -0.2) is 8.42 Å². The number of nitrogens with one attached hydrogen (secondary N) is 1. The summed E-state index contributed by atoms with van der Waals surface area (Å²) in [4.78, 5) is 14.8. The van der Waals surface area contributed by atoms with E-state index in [-0.39, 0.29) is 11.4 Å². The number of nitrogens with zero attached hydrogens (tertiary/aromatic N) is 2.